The summed E-state index contributed by atoms with van der Waals surface area (Å²) < 4.78 is 8.13. The molecule has 28 heavy (non-hydrogen) atoms. The first-order valence-electron chi connectivity index (χ1n) is 8.86. The predicted octanol–water partition coefficient (Wildman–Crippen LogP) is 2.07. The number of rotatable bonds is 5. The number of hydrogen-bond donors (Lipinski definition) is 1. The van der Waals surface area contributed by atoms with Gasteiger partial charge in [-0.05, 0) is 44.5 Å². The lowest BCUT2D eigenvalue weighted by Gasteiger charge is -2.19. The summed E-state index contributed by atoms with van der Waals surface area (Å²) >= 11 is 0. The lowest BCUT2D eigenvalue weighted by atomic mass is 10.0. The lowest BCUT2D eigenvalue weighted by Crippen LogP contribution is -2.31. The van der Waals surface area contributed by atoms with Crippen LogP contribution < -0.4 is 11.1 Å². The lowest BCUT2D eigenvalue weighted by molar-refractivity contribution is 0.0768. The smallest absolute Gasteiger partial charge is 0.262 e. The highest BCUT2D eigenvalue weighted by Gasteiger charge is 2.21. The van der Waals surface area contributed by atoms with E-state index in [0.717, 1.165) is 5.56 Å². The highest BCUT2D eigenvalue weighted by atomic mass is 16.5. The molecule has 0 saturated heterocycles. The maximum atomic E-state index is 12.9. The van der Waals surface area contributed by atoms with E-state index in [9.17, 15) is 14.7 Å². The third-order valence-corrected chi connectivity index (χ3v) is 4.48. The fourth-order valence-corrected chi connectivity index (χ4v) is 3.08. The van der Waals surface area contributed by atoms with Crippen molar-refractivity contribution in [2.24, 2.45) is 0 Å². The second-order valence-electron chi connectivity index (χ2n) is 7.11. The second-order valence-corrected chi connectivity index (χ2v) is 7.11. The highest BCUT2D eigenvalue weighted by molar-refractivity contribution is 5.46. The molecule has 3 rings (SSSR count). The summed E-state index contributed by atoms with van der Waals surface area (Å²) in [6, 6.07) is 9.92. The van der Waals surface area contributed by atoms with E-state index in [1.54, 1.807) is 62.2 Å². The molecule has 0 spiro atoms. The summed E-state index contributed by atoms with van der Waals surface area (Å²) in [5.41, 5.74) is 0.491. The summed E-state index contributed by atoms with van der Waals surface area (Å²) in [4.78, 5) is 29.8. The van der Waals surface area contributed by atoms with Gasteiger partial charge in [-0.25, -0.2) is 4.98 Å². The molecule has 3 heterocycles. The Balaban J connectivity index is 2.24. The van der Waals surface area contributed by atoms with Crippen LogP contribution >= 0.6 is 0 Å². The first-order valence-corrected chi connectivity index (χ1v) is 8.86. The Hall–Kier alpha value is -3.03. The highest BCUT2D eigenvalue weighted by Crippen LogP contribution is 2.19. The van der Waals surface area contributed by atoms with E-state index in [1.165, 1.54) is 10.6 Å². The fraction of sp³-hybridized carbons (Fsp3) is 0.286. The molecule has 7 heteroatoms. The van der Waals surface area contributed by atoms with Gasteiger partial charge in [0.1, 0.15) is 5.82 Å². The van der Waals surface area contributed by atoms with E-state index in [2.05, 4.69) is 4.98 Å². The number of aromatic nitrogens is 3. The summed E-state index contributed by atoms with van der Waals surface area (Å²) in [6.45, 7) is 5.23. The number of pyridine rings is 3. The normalized spacial score (nSPS) is 11.6. The molecule has 0 amide bonds. The van der Waals surface area contributed by atoms with Crippen molar-refractivity contribution in [3.8, 4) is 11.5 Å². The average Bonchev–Trinajstić information content (AvgIpc) is 2.62. The molecule has 0 aromatic carbocycles. The molecule has 0 saturated carbocycles. The van der Waals surface area contributed by atoms with Crippen LogP contribution in [0.25, 0.3) is 11.5 Å². The molecule has 0 aliphatic heterocycles. The SMILES string of the molecule is COCc1cccc(=O)n1-c1cc(-n2cccc(C(C)(C)O)c2=O)ncc1C. The molecule has 3 aromatic rings. The first kappa shape index (κ1) is 19.7. The zero-order chi connectivity index (χ0) is 20.5. The largest absolute Gasteiger partial charge is 0.386 e. The fourth-order valence-electron chi connectivity index (χ4n) is 3.08. The first-order chi connectivity index (χ1) is 13.2. The Morgan fingerprint density at radius 1 is 1.18 bits per heavy atom. The van der Waals surface area contributed by atoms with E-state index in [4.69, 9.17) is 4.74 Å². The molecule has 0 unspecified atom stereocenters. The van der Waals surface area contributed by atoms with Crippen molar-refractivity contribution in [3.63, 3.8) is 0 Å². The Labute approximate surface area is 162 Å². The molecule has 3 aromatic heterocycles. The Morgan fingerprint density at radius 2 is 1.93 bits per heavy atom. The van der Waals surface area contributed by atoms with Crippen molar-refractivity contribution in [1.82, 2.24) is 14.1 Å². The van der Waals surface area contributed by atoms with E-state index in [0.29, 0.717) is 17.2 Å². The van der Waals surface area contributed by atoms with E-state index in [-0.39, 0.29) is 23.3 Å². The van der Waals surface area contributed by atoms with Gasteiger partial charge < -0.3 is 9.84 Å². The van der Waals surface area contributed by atoms with Gasteiger partial charge in [0, 0.05) is 37.2 Å². The molecule has 146 valence electrons. The average molecular weight is 381 g/mol. The van der Waals surface area contributed by atoms with Crippen LogP contribution in [0.15, 0.2) is 58.4 Å². The van der Waals surface area contributed by atoms with Gasteiger partial charge in [0.2, 0.25) is 0 Å². The molecule has 0 fully saturated rings. The van der Waals surface area contributed by atoms with Gasteiger partial charge in [0.05, 0.1) is 23.6 Å². The van der Waals surface area contributed by atoms with E-state index >= 15 is 0 Å². The number of methoxy groups -OCH3 is 1. The van der Waals surface area contributed by atoms with Gasteiger partial charge in [-0.15, -0.1) is 0 Å². The number of ether oxygens (including phenoxy) is 1. The van der Waals surface area contributed by atoms with Gasteiger partial charge in [0.25, 0.3) is 11.1 Å². The number of hydrogen-bond acceptors (Lipinski definition) is 5. The van der Waals surface area contributed by atoms with Crippen LogP contribution in [0.2, 0.25) is 0 Å². The van der Waals surface area contributed by atoms with Crippen molar-refractivity contribution < 1.29 is 9.84 Å². The maximum absolute atomic E-state index is 12.9. The van der Waals surface area contributed by atoms with E-state index in [1.807, 2.05) is 13.0 Å². The molecular formula is C21H23N3O4. The molecular weight excluding hydrogens is 358 g/mol. The van der Waals surface area contributed by atoms with Crippen LogP contribution in [0.1, 0.15) is 30.7 Å². The number of aryl methyl sites for hydroxylation is 1. The zero-order valence-electron chi connectivity index (χ0n) is 16.3. The van der Waals surface area contributed by atoms with Crippen LogP contribution in [-0.2, 0) is 16.9 Å². The molecule has 0 aliphatic carbocycles. The molecule has 0 bridgehead atoms. The van der Waals surface area contributed by atoms with Crippen LogP contribution in [0, 0.1) is 6.92 Å². The summed E-state index contributed by atoms with van der Waals surface area (Å²) in [5.74, 6) is 0.357. The van der Waals surface area contributed by atoms with Crippen LogP contribution in [-0.4, -0.2) is 26.3 Å². The van der Waals surface area contributed by atoms with Gasteiger partial charge in [-0.1, -0.05) is 6.07 Å². The Morgan fingerprint density at radius 3 is 2.61 bits per heavy atom. The quantitative estimate of drug-likeness (QED) is 0.731. The molecule has 0 aliphatic rings. The van der Waals surface area contributed by atoms with Crippen molar-refractivity contribution in [3.05, 3.63) is 86.3 Å². The zero-order valence-corrected chi connectivity index (χ0v) is 16.3. The minimum Gasteiger partial charge on any atom is -0.386 e. The monoisotopic (exact) mass is 381 g/mol. The third-order valence-electron chi connectivity index (χ3n) is 4.48. The predicted molar refractivity (Wildman–Crippen MR) is 106 cm³/mol. The summed E-state index contributed by atoms with van der Waals surface area (Å²) in [5, 5.41) is 10.3. The number of nitrogens with zero attached hydrogens (tertiary/aromatic N) is 3. The number of aliphatic hydroxyl groups is 1. The summed E-state index contributed by atoms with van der Waals surface area (Å²) in [7, 11) is 1.56. The van der Waals surface area contributed by atoms with Crippen LogP contribution in [0.4, 0.5) is 0 Å². The van der Waals surface area contributed by atoms with Crippen LogP contribution in [0.3, 0.4) is 0 Å². The van der Waals surface area contributed by atoms with Crippen molar-refractivity contribution in [2.45, 2.75) is 33.0 Å². The minimum absolute atomic E-state index is 0.201. The topological polar surface area (TPSA) is 86.4 Å². The molecule has 1 N–H and O–H groups in total. The standard InChI is InChI=1S/C21H23N3O4/c1-14-12-22-18(23-10-6-8-16(20(23)26)21(2,3)27)11-17(14)24-15(13-28-4)7-5-9-19(24)25/h5-12,27H,13H2,1-4H3. The van der Waals surface area contributed by atoms with Crippen molar-refractivity contribution in [1.29, 1.82) is 0 Å². The van der Waals surface area contributed by atoms with Gasteiger partial charge in [0.15, 0.2) is 0 Å². The molecule has 7 nitrogen and oxygen atoms in total. The Bertz CT molecular complexity index is 1120. The van der Waals surface area contributed by atoms with Gasteiger partial charge in [-0.2, -0.15) is 0 Å². The second kappa shape index (κ2) is 7.53. The molecule has 0 radical (unpaired) electrons. The van der Waals surface area contributed by atoms with E-state index < -0.39 is 5.60 Å². The Kier molecular flexibility index (Phi) is 5.31. The maximum Gasteiger partial charge on any atom is 0.262 e. The van der Waals surface area contributed by atoms with Gasteiger partial charge >= 0.3 is 0 Å². The summed E-state index contributed by atoms with van der Waals surface area (Å²) in [6.07, 6.45) is 3.20. The van der Waals surface area contributed by atoms with Crippen molar-refractivity contribution >= 4 is 0 Å². The minimum atomic E-state index is -1.28. The molecule has 0 atom stereocenters. The van der Waals surface area contributed by atoms with Crippen LogP contribution in [0.5, 0.6) is 0 Å². The van der Waals surface area contributed by atoms with Crippen molar-refractivity contribution in [2.75, 3.05) is 7.11 Å². The van der Waals surface area contributed by atoms with Gasteiger partial charge in [-0.3, -0.25) is 18.7 Å². The third kappa shape index (κ3) is 3.67.